The molecule has 23 heavy (non-hydrogen) atoms. The third kappa shape index (κ3) is 5.51. The van der Waals surface area contributed by atoms with Crippen molar-refractivity contribution in [1.82, 2.24) is 5.32 Å². The van der Waals surface area contributed by atoms with Gasteiger partial charge in [-0.1, -0.05) is 47.5 Å². The van der Waals surface area contributed by atoms with E-state index in [0.29, 0.717) is 5.02 Å². The highest BCUT2D eigenvalue weighted by atomic mass is 35.5. The van der Waals surface area contributed by atoms with Crippen molar-refractivity contribution in [3.05, 3.63) is 70.3 Å². The lowest BCUT2D eigenvalue weighted by molar-refractivity contribution is -0.115. The van der Waals surface area contributed by atoms with E-state index in [4.69, 9.17) is 23.8 Å². The molecule has 0 bridgehead atoms. The SMILES string of the molecule is Cc1ccc(/C=C\C(=O)NC(=S)Nc2ccc(C)c(Cl)c2)cc1. The molecule has 2 rings (SSSR count). The molecule has 2 N–H and O–H groups in total. The molecule has 0 saturated carbocycles. The molecule has 0 aromatic heterocycles. The monoisotopic (exact) mass is 344 g/mol. The van der Waals surface area contributed by atoms with Crippen molar-refractivity contribution in [2.45, 2.75) is 13.8 Å². The summed E-state index contributed by atoms with van der Waals surface area (Å²) in [6, 6.07) is 13.4. The summed E-state index contributed by atoms with van der Waals surface area (Å²) in [5, 5.41) is 6.39. The molecule has 1 amide bonds. The van der Waals surface area contributed by atoms with Gasteiger partial charge in [0, 0.05) is 16.8 Å². The Bertz CT molecular complexity index is 754. The van der Waals surface area contributed by atoms with Crippen LogP contribution >= 0.6 is 23.8 Å². The number of amides is 1. The molecule has 0 aliphatic heterocycles. The molecule has 5 heteroatoms. The number of carbonyl (C=O) groups is 1. The van der Waals surface area contributed by atoms with Crippen molar-refractivity contribution in [2.75, 3.05) is 5.32 Å². The quantitative estimate of drug-likeness (QED) is 0.637. The van der Waals surface area contributed by atoms with Crippen LogP contribution < -0.4 is 10.6 Å². The van der Waals surface area contributed by atoms with Crippen molar-refractivity contribution in [1.29, 1.82) is 0 Å². The second-order valence-electron chi connectivity index (χ2n) is 5.15. The number of thiocarbonyl (C=S) groups is 1. The predicted molar refractivity (Wildman–Crippen MR) is 101 cm³/mol. The van der Waals surface area contributed by atoms with Crippen molar-refractivity contribution in [3.8, 4) is 0 Å². The molecule has 0 saturated heterocycles. The molecule has 0 aliphatic rings. The van der Waals surface area contributed by atoms with E-state index in [1.807, 2.05) is 50.2 Å². The van der Waals surface area contributed by atoms with Gasteiger partial charge in [0.25, 0.3) is 0 Å². The summed E-state index contributed by atoms with van der Waals surface area (Å²) < 4.78 is 0. The van der Waals surface area contributed by atoms with Crippen molar-refractivity contribution in [3.63, 3.8) is 0 Å². The third-order valence-corrected chi connectivity index (χ3v) is 3.78. The largest absolute Gasteiger partial charge is 0.332 e. The average Bonchev–Trinajstić information content (AvgIpc) is 2.50. The van der Waals surface area contributed by atoms with Gasteiger partial charge in [-0.2, -0.15) is 0 Å². The van der Waals surface area contributed by atoms with Gasteiger partial charge in [-0.15, -0.1) is 0 Å². The zero-order valence-electron chi connectivity index (χ0n) is 12.9. The molecule has 0 fully saturated rings. The molecule has 0 radical (unpaired) electrons. The van der Waals surface area contributed by atoms with Crippen LogP contribution in [0.25, 0.3) is 6.08 Å². The number of benzene rings is 2. The van der Waals surface area contributed by atoms with Gasteiger partial charge < -0.3 is 5.32 Å². The van der Waals surface area contributed by atoms with Crippen molar-refractivity contribution >= 4 is 46.6 Å². The second kappa shape index (κ2) is 7.90. The van der Waals surface area contributed by atoms with Crippen LogP contribution in [0, 0.1) is 13.8 Å². The fourth-order valence-electron chi connectivity index (χ4n) is 1.84. The molecule has 0 aliphatic carbocycles. The van der Waals surface area contributed by atoms with Gasteiger partial charge in [0.2, 0.25) is 5.91 Å². The third-order valence-electron chi connectivity index (χ3n) is 3.17. The normalized spacial score (nSPS) is 10.6. The Morgan fingerprint density at radius 1 is 1.13 bits per heavy atom. The van der Waals surface area contributed by atoms with Crippen LogP contribution in [0.5, 0.6) is 0 Å². The minimum Gasteiger partial charge on any atom is -0.332 e. The maximum absolute atomic E-state index is 11.9. The number of nitrogens with one attached hydrogen (secondary N) is 2. The van der Waals surface area contributed by atoms with E-state index in [2.05, 4.69) is 10.6 Å². The van der Waals surface area contributed by atoms with Gasteiger partial charge in [0.05, 0.1) is 0 Å². The zero-order chi connectivity index (χ0) is 16.8. The fourth-order valence-corrected chi connectivity index (χ4v) is 2.23. The highest BCUT2D eigenvalue weighted by Crippen LogP contribution is 2.19. The predicted octanol–water partition coefficient (Wildman–Crippen LogP) is 4.48. The number of aryl methyl sites for hydroxylation is 2. The minimum absolute atomic E-state index is 0.225. The summed E-state index contributed by atoms with van der Waals surface area (Å²) in [6.45, 7) is 3.93. The molecule has 0 atom stereocenters. The first-order valence-corrected chi connectivity index (χ1v) is 7.85. The smallest absolute Gasteiger partial charge is 0.250 e. The molecule has 118 valence electrons. The van der Waals surface area contributed by atoms with Crippen LogP contribution in [-0.2, 0) is 4.79 Å². The van der Waals surface area contributed by atoms with Crippen LogP contribution in [0.2, 0.25) is 5.02 Å². The van der Waals surface area contributed by atoms with Gasteiger partial charge >= 0.3 is 0 Å². The number of rotatable bonds is 3. The zero-order valence-corrected chi connectivity index (χ0v) is 14.5. The Labute approximate surface area is 146 Å². The number of hydrogen-bond acceptors (Lipinski definition) is 2. The highest BCUT2D eigenvalue weighted by Gasteiger charge is 2.03. The van der Waals surface area contributed by atoms with E-state index in [1.54, 1.807) is 12.1 Å². The standard InChI is InChI=1S/C18H17ClN2OS/c1-12-3-6-14(7-4-12)8-10-17(22)21-18(23)20-15-9-5-13(2)16(19)11-15/h3-11H,1-2H3,(H2,20,21,22,23)/b10-8-. The Kier molecular flexibility index (Phi) is 5.90. The van der Waals surface area contributed by atoms with E-state index >= 15 is 0 Å². The Balaban J connectivity index is 1.90. The molecule has 2 aromatic rings. The van der Waals surface area contributed by atoms with Crippen LogP contribution in [0.1, 0.15) is 16.7 Å². The van der Waals surface area contributed by atoms with Gasteiger partial charge in [-0.3, -0.25) is 10.1 Å². The van der Waals surface area contributed by atoms with Crippen LogP contribution in [0.3, 0.4) is 0 Å². The molecule has 0 heterocycles. The molecule has 0 unspecified atom stereocenters. The summed E-state index contributed by atoms with van der Waals surface area (Å²) >= 11 is 11.2. The van der Waals surface area contributed by atoms with E-state index in [1.165, 1.54) is 11.6 Å². The first-order chi connectivity index (χ1) is 10.9. The maximum Gasteiger partial charge on any atom is 0.250 e. The number of carbonyl (C=O) groups excluding carboxylic acids is 1. The Morgan fingerprint density at radius 3 is 2.48 bits per heavy atom. The van der Waals surface area contributed by atoms with E-state index < -0.39 is 0 Å². The molecule has 0 spiro atoms. The first kappa shape index (κ1) is 17.2. The summed E-state index contributed by atoms with van der Waals surface area (Å²) in [6.07, 6.45) is 3.18. The molecular weight excluding hydrogens is 328 g/mol. The van der Waals surface area contributed by atoms with Crippen molar-refractivity contribution < 1.29 is 4.79 Å². The highest BCUT2D eigenvalue weighted by molar-refractivity contribution is 7.80. The average molecular weight is 345 g/mol. The molecule has 2 aromatic carbocycles. The Morgan fingerprint density at radius 2 is 1.83 bits per heavy atom. The summed E-state index contributed by atoms with van der Waals surface area (Å²) in [4.78, 5) is 11.9. The van der Waals surface area contributed by atoms with Gasteiger partial charge in [-0.05, 0) is 55.4 Å². The summed E-state index contributed by atoms with van der Waals surface area (Å²) in [7, 11) is 0. The van der Waals surface area contributed by atoms with E-state index in [-0.39, 0.29) is 11.0 Å². The van der Waals surface area contributed by atoms with Crippen LogP contribution in [0.4, 0.5) is 5.69 Å². The molecular formula is C18H17ClN2OS. The van der Waals surface area contributed by atoms with Gasteiger partial charge in [0.15, 0.2) is 5.11 Å². The Hall–Kier alpha value is -2.17. The topological polar surface area (TPSA) is 41.1 Å². The number of anilines is 1. The van der Waals surface area contributed by atoms with Gasteiger partial charge in [0.1, 0.15) is 0 Å². The van der Waals surface area contributed by atoms with E-state index in [0.717, 1.165) is 16.8 Å². The first-order valence-electron chi connectivity index (χ1n) is 7.07. The van der Waals surface area contributed by atoms with Crippen LogP contribution in [0.15, 0.2) is 48.5 Å². The number of halogens is 1. The minimum atomic E-state index is -0.290. The van der Waals surface area contributed by atoms with Crippen molar-refractivity contribution in [2.24, 2.45) is 0 Å². The van der Waals surface area contributed by atoms with Gasteiger partial charge in [-0.25, -0.2) is 0 Å². The van der Waals surface area contributed by atoms with E-state index in [9.17, 15) is 4.79 Å². The second-order valence-corrected chi connectivity index (χ2v) is 5.97. The lowest BCUT2D eigenvalue weighted by Crippen LogP contribution is -2.32. The van der Waals surface area contributed by atoms with Crippen LogP contribution in [-0.4, -0.2) is 11.0 Å². The maximum atomic E-state index is 11.9. The lowest BCUT2D eigenvalue weighted by Gasteiger charge is -2.09. The fraction of sp³-hybridized carbons (Fsp3) is 0.111. The number of hydrogen-bond donors (Lipinski definition) is 2. The molecule has 3 nitrogen and oxygen atoms in total. The summed E-state index contributed by atoms with van der Waals surface area (Å²) in [5.41, 5.74) is 3.84. The summed E-state index contributed by atoms with van der Waals surface area (Å²) in [5.74, 6) is -0.290. The lowest BCUT2D eigenvalue weighted by atomic mass is 10.1.